The van der Waals surface area contributed by atoms with Crippen LogP contribution in [-0.2, 0) is 23.6 Å². The summed E-state index contributed by atoms with van der Waals surface area (Å²) in [6, 6.07) is -0.0163. The summed E-state index contributed by atoms with van der Waals surface area (Å²) in [7, 11) is 0. The van der Waals surface area contributed by atoms with Crippen LogP contribution in [0.3, 0.4) is 0 Å². The third-order valence-corrected chi connectivity index (χ3v) is 8.31. The van der Waals surface area contributed by atoms with Gasteiger partial charge in [-0.15, -0.1) is 0 Å². The smallest absolute Gasteiger partial charge is 0.598 e. The van der Waals surface area contributed by atoms with Gasteiger partial charge in [0.2, 0.25) is 0 Å². The molecule has 0 spiro atoms. The Morgan fingerprint density at radius 1 is 1.08 bits per heavy atom. The second kappa shape index (κ2) is 4.18. The van der Waals surface area contributed by atoms with Crippen molar-refractivity contribution in [2.24, 2.45) is 23.2 Å². The van der Waals surface area contributed by atoms with Gasteiger partial charge in [-0.3, -0.25) is 9.59 Å². The van der Waals surface area contributed by atoms with Crippen LogP contribution in [0.5, 0.6) is 0 Å². The largest absolute Gasteiger partial charge is 0.614 e. The van der Waals surface area contributed by atoms with Crippen molar-refractivity contribution in [3.8, 4) is 0 Å². The predicted octanol–water partition coefficient (Wildman–Crippen LogP) is 1.25. The fraction of sp³-hybridized carbons (Fsp3) is 0.882. The van der Waals surface area contributed by atoms with Crippen LogP contribution in [0.15, 0.2) is 0 Å². The minimum absolute atomic E-state index is 0.0100. The zero-order valence-corrected chi connectivity index (χ0v) is 14.9. The van der Waals surface area contributed by atoms with Crippen molar-refractivity contribution < 1.29 is 28.0 Å². The van der Waals surface area contributed by atoms with Gasteiger partial charge < -0.3 is 18.4 Å². The second-order valence-electron chi connectivity index (χ2n) is 9.46. The van der Waals surface area contributed by atoms with Crippen LogP contribution >= 0.6 is 0 Å². The molecule has 0 amide bonds. The number of hydrogen-bond donors (Lipinski definition) is 0. The van der Waals surface area contributed by atoms with Crippen molar-refractivity contribution in [2.45, 2.75) is 58.7 Å². The summed E-state index contributed by atoms with van der Waals surface area (Å²) in [6.45, 7) is 7.43. The molecule has 0 radical (unpaired) electrons. The van der Waals surface area contributed by atoms with E-state index >= 15 is 0 Å². The molecule has 3 unspecified atom stereocenters. The van der Waals surface area contributed by atoms with Gasteiger partial charge in [-0.25, -0.2) is 0 Å². The number of ether oxygens (including phenoxy) is 1. The molecule has 6 rings (SSSR count). The lowest BCUT2D eigenvalue weighted by Crippen LogP contribution is -2.75. The maximum atomic E-state index is 12.3. The molecule has 0 N–H and O–H groups in total. The summed E-state index contributed by atoms with van der Waals surface area (Å²) in [6.07, 6.45) is 2.30. The Balaban J connectivity index is 1.58. The van der Waals surface area contributed by atoms with Gasteiger partial charge in [0.1, 0.15) is 19.1 Å². The second-order valence-corrected chi connectivity index (χ2v) is 9.46. The molecule has 24 heavy (non-hydrogen) atoms. The Kier molecular flexibility index (Phi) is 2.65. The normalized spacial score (nSPS) is 57.0. The average molecular weight is 335 g/mol. The number of epoxide rings is 1. The molecule has 7 heteroatoms. The molecule has 3 aliphatic carbocycles. The van der Waals surface area contributed by atoms with E-state index in [0.717, 1.165) is 6.42 Å². The van der Waals surface area contributed by atoms with Crippen LogP contribution in [0.1, 0.15) is 40.5 Å². The van der Waals surface area contributed by atoms with Crippen molar-refractivity contribution in [3.63, 3.8) is 0 Å². The van der Waals surface area contributed by atoms with E-state index < -0.39 is 6.69 Å². The molecular formula is C17H26BNO5. The lowest BCUT2D eigenvalue weighted by atomic mass is 9.43. The molecule has 0 aromatic carbocycles. The van der Waals surface area contributed by atoms with E-state index in [4.69, 9.17) is 14.0 Å². The Labute approximate surface area is 142 Å². The molecule has 2 bridgehead atoms. The molecule has 3 saturated heterocycles. The molecule has 3 aliphatic heterocycles. The van der Waals surface area contributed by atoms with E-state index in [9.17, 15) is 9.59 Å². The highest BCUT2D eigenvalue weighted by Crippen LogP contribution is 2.64. The summed E-state index contributed by atoms with van der Waals surface area (Å²) in [5, 5.41) is 0. The third-order valence-electron chi connectivity index (χ3n) is 8.31. The summed E-state index contributed by atoms with van der Waals surface area (Å²) >= 11 is 0. The fourth-order valence-corrected chi connectivity index (χ4v) is 6.85. The highest BCUT2D eigenvalue weighted by Gasteiger charge is 2.79. The fourth-order valence-electron chi connectivity index (χ4n) is 6.85. The van der Waals surface area contributed by atoms with E-state index in [1.165, 1.54) is 6.42 Å². The number of fused-ring (bicyclic) bond motifs is 4. The Hall–Kier alpha value is -1.08. The van der Waals surface area contributed by atoms with Gasteiger partial charge in [0.25, 0.3) is 0 Å². The molecule has 6 fully saturated rings. The number of rotatable bonds is 2. The molecule has 0 aromatic rings. The highest BCUT2D eigenvalue weighted by molar-refractivity contribution is 6.68. The van der Waals surface area contributed by atoms with Crippen LogP contribution in [0, 0.1) is 23.2 Å². The van der Waals surface area contributed by atoms with Crippen LogP contribution in [0.2, 0.25) is 0 Å². The zero-order chi connectivity index (χ0) is 17.1. The molecular weight excluding hydrogens is 309 g/mol. The first-order valence-electron chi connectivity index (χ1n) is 9.31. The number of nitrogens with zero attached hydrogens (tertiary/aromatic N) is 1. The maximum Gasteiger partial charge on any atom is 0.614 e. The highest BCUT2D eigenvalue weighted by atomic mass is 16.7. The summed E-state index contributed by atoms with van der Waals surface area (Å²) < 4.78 is 17.6. The van der Waals surface area contributed by atoms with Crippen molar-refractivity contribution in [2.75, 3.05) is 13.1 Å². The SMILES string of the molecule is C[C@@H]1C2C[C@@H](CC1[N+]13CC(=O)O[B-]1(C1O[C@H]1C)OC(=O)C3)C2(C)C. The van der Waals surface area contributed by atoms with Crippen LogP contribution < -0.4 is 0 Å². The van der Waals surface area contributed by atoms with Gasteiger partial charge >= 0.3 is 18.6 Å². The number of carbonyl (C=O) groups is 2. The van der Waals surface area contributed by atoms with E-state index in [2.05, 4.69) is 20.8 Å². The summed E-state index contributed by atoms with van der Waals surface area (Å²) in [4.78, 5) is 24.6. The van der Waals surface area contributed by atoms with Gasteiger partial charge in [-0.2, -0.15) is 0 Å². The number of quaternary nitrogens is 1. The lowest BCUT2D eigenvalue weighted by molar-refractivity contribution is -0.852. The molecule has 6 nitrogen and oxygen atoms in total. The minimum atomic E-state index is -2.06. The summed E-state index contributed by atoms with van der Waals surface area (Å²) in [5.74, 6) is 1.27. The number of carbonyl (C=O) groups excluding carboxylic acids is 2. The van der Waals surface area contributed by atoms with E-state index in [0.29, 0.717) is 27.6 Å². The minimum Gasteiger partial charge on any atom is -0.598 e. The summed E-state index contributed by atoms with van der Waals surface area (Å²) in [5.41, 5.74) is 0.364. The van der Waals surface area contributed by atoms with Crippen LogP contribution in [-0.4, -0.2) is 54.3 Å². The Bertz CT molecular complexity index is 629. The molecule has 3 saturated carbocycles. The molecule has 3 heterocycles. The topological polar surface area (TPSA) is 65.1 Å². The zero-order valence-electron chi connectivity index (χ0n) is 14.9. The molecule has 6 atom stereocenters. The maximum absolute atomic E-state index is 12.3. The van der Waals surface area contributed by atoms with Gasteiger partial charge in [0.05, 0.1) is 12.1 Å². The Morgan fingerprint density at radius 2 is 1.67 bits per heavy atom. The lowest BCUT2D eigenvalue weighted by Gasteiger charge is -2.66. The van der Waals surface area contributed by atoms with E-state index in [1.54, 1.807) is 0 Å². The number of hydrogen-bond acceptors (Lipinski definition) is 5. The molecule has 0 aromatic heterocycles. The van der Waals surface area contributed by atoms with Gasteiger partial charge in [0, 0.05) is 5.92 Å². The van der Waals surface area contributed by atoms with Crippen molar-refractivity contribution in [1.29, 1.82) is 0 Å². The first-order valence-corrected chi connectivity index (χ1v) is 9.31. The standard InChI is InChI=1S/C17H26BNO5/c1-9-12-5-11(17(12,3)4)6-13(9)19-7-14(20)23-18(19,16-10(2)22-16)24-15(21)8-19/h9-13,16H,5-8H2,1-4H3/t9-,10+,11+,12?,13?,16?,18?,19?/m1/s1. The Morgan fingerprint density at radius 3 is 2.12 bits per heavy atom. The quantitative estimate of drug-likeness (QED) is 0.561. The van der Waals surface area contributed by atoms with Crippen LogP contribution in [0.25, 0.3) is 0 Å². The molecule has 6 aliphatic rings. The first-order chi connectivity index (χ1) is 11.2. The first kappa shape index (κ1) is 15.2. The van der Waals surface area contributed by atoms with Crippen molar-refractivity contribution in [3.05, 3.63) is 0 Å². The van der Waals surface area contributed by atoms with Crippen molar-refractivity contribution in [1.82, 2.24) is 0 Å². The van der Waals surface area contributed by atoms with Crippen molar-refractivity contribution >= 4 is 18.6 Å². The van der Waals surface area contributed by atoms with E-state index in [1.807, 2.05) is 6.92 Å². The van der Waals surface area contributed by atoms with E-state index in [-0.39, 0.29) is 43.2 Å². The van der Waals surface area contributed by atoms with Crippen LogP contribution in [0.4, 0.5) is 0 Å². The van der Waals surface area contributed by atoms with Gasteiger partial charge in [-0.1, -0.05) is 20.8 Å². The monoisotopic (exact) mass is 335 g/mol. The third kappa shape index (κ3) is 1.52. The predicted molar refractivity (Wildman–Crippen MR) is 85.2 cm³/mol. The van der Waals surface area contributed by atoms with Gasteiger partial charge in [0.15, 0.2) is 0 Å². The molecule has 132 valence electrons. The van der Waals surface area contributed by atoms with Gasteiger partial charge in [-0.05, 0) is 37.0 Å². The average Bonchev–Trinajstić information content (AvgIpc) is 3.06.